The fourth-order valence-corrected chi connectivity index (χ4v) is 1.55. The van der Waals surface area contributed by atoms with E-state index in [9.17, 15) is 4.79 Å². The van der Waals surface area contributed by atoms with Crippen LogP contribution >= 0.6 is 0 Å². The number of ether oxygens (including phenoxy) is 1. The summed E-state index contributed by atoms with van der Waals surface area (Å²) in [4.78, 5) is 15.9. The maximum absolute atomic E-state index is 11.8. The van der Waals surface area contributed by atoms with Gasteiger partial charge in [-0.15, -0.1) is 0 Å². The molecule has 3 heteroatoms. The molecule has 0 radical (unpaired) electrons. The summed E-state index contributed by atoms with van der Waals surface area (Å²) in [5.74, 6) is 5.53. The van der Waals surface area contributed by atoms with Crippen LogP contribution in [0.25, 0.3) is 0 Å². The van der Waals surface area contributed by atoms with Gasteiger partial charge in [-0.2, -0.15) is 0 Å². The number of carbonyl (C=O) groups excluding carboxylic acids is 1. The average molecular weight is 251 g/mol. The van der Waals surface area contributed by atoms with Crippen molar-refractivity contribution in [2.75, 3.05) is 6.61 Å². The number of nitrogens with zero attached hydrogens (tertiary/aromatic N) is 1. The van der Waals surface area contributed by atoms with Gasteiger partial charge in [0.25, 0.3) is 0 Å². The molecule has 0 unspecified atom stereocenters. The predicted octanol–water partition coefficient (Wildman–Crippen LogP) is 2.66. The maximum atomic E-state index is 11.8. The molecule has 3 nitrogen and oxygen atoms in total. The Morgan fingerprint density at radius 3 is 2.68 bits per heavy atom. The molecule has 1 aromatic heterocycles. The van der Waals surface area contributed by atoms with Crippen molar-refractivity contribution in [3.63, 3.8) is 0 Å². The molecule has 1 heterocycles. The van der Waals surface area contributed by atoms with Crippen molar-refractivity contribution < 1.29 is 9.53 Å². The third-order valence-corrected chi connectivity index (χ3v) is 2.41. The van der Waals surface area contributed by atoms with E-state index in [0.29, 0.717) is 23.4 Å². The maximum Gasteiger partial charge on any atom is 0.339 e. The van der Waals surface area contributed by atoms with Gasteiger partial charge < -0.3 is 4.74 Å². The highest BCUT2D eigenvalue weighted by molar-refractivity contribution is 5.92. The summed E-state index contributed by atoms with van der Waals surface area (Å²) in [6.07, 6.45) is 1.68. The molecule has 0 saturated heterocycles. The molecule has 0 saturated carbocycles. The molecule has 0 spiro atoms. The Kier molecular flexibility index (Phi) is 4.30. The molecule has 1 aromatic carbocycles. The van der Waals surface area contributed by atoms with Crippen LogP contribution in [0.1, 0.15) is 28.5 Å². The van der Waals surface area contributed by atoms with E-state index < -0.39 is 0 Å². The minimum atomic E-state index is -0.353. The van der Waals surface area contributed by atoms with E-state index in [2.05, 4.69) is 16.8 Å². The largest absolute Gasteiger partial charge is 0.462 e. The lowest BCUT2D eigenvalue weighted by molar-refractivity contribution is 0.0526. The van der Waals surface area contributed by atoms with Gasteiger partial charge in [-0.05, 0) is 37.1 Å². The molecule has 0 fully saturated rings. The first-order chi connectivity index (χ1) is 9.31. The van der Waals surface area contributed by atoms with Gasteiger partial charge in [-0.25, -0.2) is 9.78 Å². The molecular formula is C16H13NO2. The second kappa shape index (κ2) is 6.36. The Bertz CT molecular complexity index is 624. The summed E-state index contributed by atoms with van der Waals surface area (Å²) < 4.78 is 5.00. The van der Waals surface area contributed by atoms with Gasteiger partial charge in [0.1, 0.15) is 5.69 Å². The molecule has 0 atom stereocenters. The summed E-state index contributed by atoms with van der Waals surface area (Å²) in [7, 11) is 0. The number of pyridine rings is 1. The van der Waals surface area contributed by atoms with Crippen LogP contribution < -0.4 is 0 Å². The highest BCUT2D eigenvalue weighted by Gasteiger charge is 2.09. The standard InChI is InChI=1S/C16H13NO2/c1-2-19-16(18)15-9-4-3-7-13(15)10-11-14-8-5-6-12-17-14/h3-9,12H,2H2,1H3. The molecule has 0 amide bonds. The van der Waals surface area contributed by atoms with Gasteiger partial charge in [0.05, 0.1) is 12.2 Å². The number of rotatable bonds is 2. The van der Waals surface area contributed by atoms with Crippen molar-refractivity contribution in [1.82, 2.24) is 4.98 Å². The quantitative estimate of drug-likeness (QED) is 0.608. The van der Waals surface area contributed by atoms with E-state index in [1.54, 1.807) is 31.3 Å². The lowest BCUT2D eigenvalue weighted by Gasteiger charge is -2.03. The van der Waals surface area contributed by atoms with E-state index in [4.69, 9.17) is 4.74 Å². The van der Waals surface area contributed by atoms with Gasteiger partial charge in [0, 0.05) is 11.8 Å². The Morgan fingerprint density at radius 2 is 1.95 bits per heavy atom. The summed E-state index contributed by atoms with van der Waals surface area (Å²) in [5, 5.41) is 0. The van der Waals surface area contributed by atoms with Crippen molar-refractivity contribution in [2.24, 2.45) is 0 Å². The van der Waals surface area contributed by atoms with Crippen LogP contribution in [0.15, 0.2) is 48.7 Å². The molecule has 0 aliphatic carbocycles. The fourth-order valence-electron chi connectivity index (χ4n) is 1.55. The van der Waals surface area contributed by atoms with Crippen molar-refractivity contribution in [3.8, 4) is 11.8 Å². The van der Waals surface area contributed by atoms with E-state index in [-0.39, 0.29) is 5.97 Å². The fraction of sp³-hybridized carbons (Fsp3) is 0.125. The first kappa shape index (κ1) is 12.8. The number of benzene rings is 1. The summed E-state index contributed by atoms with van der Waals surface area (Å²) in [6, 6.07) is 12.7. The van der Waals surface area contributed by atoms with Gasteiger partial charge in [0.2, 0.25) is 0 Å². The molecular weight excluding hydrogens is 238 g/mol. The molecule has 19 heavy (non-hydrogen) atoms. The lowest BCUT2D eigenvalue weighted by Crippen LogP contribution is -2.06. The second-order valence-corrected chi connectivity index (χ2v) is 3.73. The van der Waals surface area contributed by atoms with Crippen LogP contribution in [0.3, 0.4) is 0 Å². The highest BCUT2D eigenvalue weighted by Crippen LogP contribution is 2.09. The van der Waals surface area contributed by atoms with Crippen LogP contribution in [-0.2, 0) is 4.74 Å². The lowest BCUT2D eigenvalue weighted by atomic mass is 10.1. The van der Waals surface area contributed by atoms with Crippen molar-refractivity contribution >= 4 is 5.97 Å². The Labute approximate surface area is 112 Å². The second-order valence-electron chi connectivity index (χ2n) is 3.73. The van der Waals surface area contributed by atoms with Crippen molar-refractivity contribution in [2.45, 2.75) is 6.92 Å². The van der Waals surface area contributed by atoms with Crippen molar-refractivity contribution in [3.05, 3.63) is 65.5 Å². The number of aromatic nitrogens is 1. The number of hydrogen-bond acceptors (Lipinski definition) is 3. The zero-order valence-electron chi connectivity index (χ0n) is 10.6. The van der Waals surface area contributed by atoms with Crippen LogP contribution in [0, 0.1) is 11.8 Å². The zero-order chi connectivity index (χ0) is 13.5. The first-order valence-corrected chi connectivity index (χ1v) is 6.00. The topological polar surface area (TPSA) is 39.2 Å². The molecule has 0 N–H and O–H groups in total. The summed E-state index contributed by atoms with van der Waals surface area (Å²) in [6.45, 7) is 2.13. The predicted molar refractivity (Wildman–Crippen MR) is 72.6 cm³/mol. The minimum Gasteiger partial charge on any atom is -0.462 e. The zero-order valence-corrected chi connectivity index (χ0v) is 10.6. The molecule has 94 valence electrons. The van der Waals surface area contributed by atoms with Gasteiger partial charge in [-0.3, -0.25) is 0 Å². The van der Waals surface area contributed by atoms with Crippen molar-refractivity contribution in [1.29, 1.82) is 0 Å². The van der Waals surface area contributed by atoms with Crippen LogP contribution in [0.4, 0.5) is 0 Å². The number of carbonyl (C=O) groups is 1. The number of hydrogen-bond donors (Lipinski definition) is 0. The average Bonchev–Trinajstić information content (AvgIpc) is 2.47. The van der Waals surface area contributed by atoms with E-state index in [0.717, 1.165) is 0 Å². The van der Waals surface area contributed by atoms with E-state index in [1.165, 1.54) is 0 Å². The Morgan fingerprint density at radius 1 is 1.16 bits per heavy atom. The third-order valence-electron chi connectivity index (χ3n) is 2.41. The summed E-state index contributed by atoms with van der Waals surface area (Å²) >= 11 is 0. The molecule has 2 aromatic rings. The summed E-state index contributed by atoms with van der Waals surface area (Å²) in [5.41, 5.74) is 1.79. The van der Waals surface area contributed by atoms with Crippen LogP contribution in [-0.4, -0.2) is 17.6 Å². The SMILES string of the molecule is CCOC(=O)c1ccccc1C#Cc1ccccn1. The van der Waals surface area contributed by atoms with Crippen LogP contribution in [0.2, 0.25) is 0 Å². The smallest absolute Gasteiger partial charge is 0.339 e. The normalized spacial score (nSPS) is 9.32. The van der Waals surface area contributed by atoms with E-state index in [1.807, 2.05) is 24.3 Å². The Hall–Kier alpha value is -2.60. The highest BCUT2D eigenvalue weighted by atomic mass is 16.5. The first-order valence-electron chi connectivity index (χ1n) is 6.00. The third kappa shape index (κ3) is 3.43. The number of esters is 1. The molecule has 2 rings (SSSR count). The van der Waals surface area contributed by atoms with Gasteiger partial charge >= 0.3 is 5.97 Å². The van der Waals surface area contributed by atoms with Crippen LogP contribution in [0.5, 0.6) is 0 Å². The monoisotopic (exact) mass is 251 g/mol. The molecule has 0 aliphatic rings. The minimum absolute atomic E-state index is 0.348. The van der Waals surface area contributed by atoms with Gasteiger partial charge in [0.15, 0.2) is 0 Å². The van der Waals surface area contributed by atoms with Gasteiger partial charge in [-0.1, -0.05) is 24.1 Å². The molecule has 0 bridgehead atoms. The Balaban J connectivity index is 2.31. The van der Waals surface area contributed by atoms with E-state index >= 15 is 0 Å². The molecule has 0 aliphatic heterocycles.